The summed E-state index contributed by atoms with van der Waals surface area (Å²) in [6, 6.07) is 11.0. The first-order valence-electron chi connectivity index (χ1n) is 6.82. The van der Waals surface area contributed by atoms with Crippen LogP contribution in [0.5, 0.6) is 5.75 Å². The van der Waals surface area contributed by atoms with Crippen molar-refractivity contribution in [3.63, 3.8) is 0 Å². The van der Waals surface area contributed by atoms with Crippen molar-refractivity contribution in [3.05, 3.63) is 57.8 Å². The molecule has 0 saturated heterocycles. The lowest BCUT2D eigenvalue weighted by atomic mass is 10.1. The number of ether oxygens (including phenoxy) is 1. The minimum absolute atomic E-state index is 0.266. The molecule has 4 nitrogen and oxygen atoms in total. The molecule has 0 aliphatic carbocycles. The number of nitrogens with one attached hydrogen (secondary N) is 1. The van der Waals surface area contributed by atoms with Crippen LogP contribution < -0.4 is 10.1 Å². The molecule has 0 aliphatic heterocycles. The number of methoxy groups -OCH3 is 1. The first-order valence-corrected chi connectivity index (χ1v) is 7.58. The zero-order chi connectivity index (χ0) is 17.3. The maximum absolute atomic E-state index is 13.4. The number of nitrogens with zero attached hydrogens (tertiary/aromatic N) is 2. The Hall–Kier alpha value is -2.55. The summed E-state index contributed by atoms with van der Waals surface area (Å²) >= 11 is 12.2. The second kappa shape index (κ2) is 6.52. The van der Waals surface area contributed by atoms with Gasteiger partial charge in [-0.1, -0.05) is 23.2 Å². The zero-order valence-corrected chi connectivity index (χ0v) is 13.9. The third-order valence-electron chi connectivity index (χ3n) is 3.39. The molecule has 0 fully saturated rings. The molecular weight excluding hydrogens is 352 g/mol. The lowest BCUT2D eigenvalue weighted by Gasteiger charge is -2.12. The number of nitriles is 1. The van der Waals surface area contributed by atoms with Crippen LogP contribution >= 0.6 is 23.2 Å². The first-order chi connectivity index (χ1) is 11.5. The molecule has 24 heavy (non-hydrogen) atoms. The molecule has 0 radical (unpaired) electrons. The van der Waals surface area contributed by atoms with Crippen LogP contribution in [0, 0.1) is 17.1 Å². The van der Waals surface area contributed by atoms with Gasteiger partial charge in [0.15, 0.2) is 0 Å². The largest absolute Gasteiger partial charge is 0.495 e. The van der Waals surface area contributed by atoms with Gasteiger partial charge in [-0.2, -0.15) is 5.26 Å². The van der Waals surface area contributed by atoms with Gasteiger partial charge in [0.25, 0.3) is 0 Å². The van der Waals surface area contributed by atoms with E-state index in [1.807, 2.05) is 0 Å². The van der Waals surface area contributed by atoms with Crippen molar-refractivity contribution in [1.82, 2.24) is 4.98 Å². The highest BCUT2D eigenvalue weighted by atomic mass is 35.5. The molecule has 0 amide bonds. The highest BCUT2D eigenvalue weighted by Gasteiger charge is 2.12. The maximum Gasteiger partial charge on any atom is 0.149 e. The van der Waals surface area contributed by atoms with Crippen LogP contribution in [0.15, 0.2) is 36.4 Å². The van der Waals surface area contributed by atoms with Crippen LogP contribution in [0.25, 0.3) is 10.9 Å². The van der Waals surface area contributed by atoms with E-state index in [9.17, 15) is 9.65 Å². The summed E-state index contributed by atoms with van der Waals surface area (Å²) < 4.78 is 18.6. The monoisotopic (exact) mass is 361 g/mol. The fraction of sp³-hybridized carbons (Fsp3) is 0.0588. The molecule has 3 aromatic rings. The van der Waals surface area contributed by atoms with E-state index in [4.69, 9.17) is 27.9 Å². The van der Waals surface area contributed by atoms with Gasteiger partial charge in [-0.25, -0.2) is 9.37 Å². The quantitative estimate of drug-likeness (QED) is 0.687. The Bertz CT molecular complexity index is 986. The molecule has 1 N–H and O–H groups in total. The van der Waals surface area contributed by atoms with Crippen LogP contribution in [0.4, 0.5) is 15.9 Å². The van der Waals surface area contributed by atoms with Gasteiger partial charge in [-0.05, 0) is 24.3 Å². The van der Waals surface area contributed by atoms with Crippen LogP contribution in [-0.2, 0) is 0 Å². The third-order valence-corrected chi connectivity index (χ3v) is 4.00. The van der Waals surface area contributed by atoms with Crippen molar-refractivity contribution in [3.8, 4) is 11.8 Å². The Balaban J connectivity index is 2.11. The van der Waals surface area contributed by atoms with Crippen molar-refractivity contribution in [1.29, 1.82) is 5.26 Å². The predicted molar refractivity (Wildman–Crippen MR) is 92.7 cm³/mol. The van der Waals surface area contributed by atoms with Gasteiger partial charge in [0.2, 0.25) is 0 Å². The summed E-state index contributed by atoms with van der Waals surface area (Å²) in [6.07, 6.45) is 0. The Morgan fingerprint density at radius 2 is 1.96 bits per heavy atom. The van der Waals surface area contributed by atoms with E-state index in [0.717, 1.165) is 0 Å². The molecule has 0 bridgehead atoms. The summed E-state index contributed by atoms with van der Waals surface area (Å²) in [5.74, 6) is 0.285. The number of benzene rings is 2. The number of hydrogen-bond donors (Lipinski definition) is 1. The Morgan fingerprint density at radius 1 is 1.17 bits per heavy atom. The molecule has 0 atom stereocenters. The minimum atomic E-state index is -0.406. The van der Waals surface area contributed by atoms with Crippen molar-refractivity contribution in [2.75, 3.05) is 12.4 Å². The standard InChI is InChI=1S/C17H10Cl2FN3O/c1-24-16-7-15(12(18)6-13(16)19)23-17-10(8-21)4-9-2-3-11(20)5-14(9)22-17/h2-7H,1H3,(H,22,23). The van der Waals surface area contributed by atoms with Crippen molar-refractivity contribution in [2.24, 2.45) is 0 Å². The summed E-state index contributed by atoms with van der Waals surface area (Å²) in [4.78, 5) is 4.32. The van der Waals surface area contributed by atoms with Crippen LogP contribution in [0.2, 0.25) is 10.0 Å². The number of aromatic nitrogens is 1. The highest BCUT2D eigenvalue weighted by Crippen LogP contribution is 2.36. The second-order valence-electron chi connectivity index (χ2n) is 4.92. The van der Waals surface area contributed by atoms with Crippen molar-refractivity contribution < 1.29 is 9.13 Å². The fourth-order valence-electron chi connectivity index (χ4n) is 2.23. The SMILES string of the molecule is COc1cc(Nc2nc3cc(F)ccc3cc2C#N)c(Cl)cc1Cl. The molecule has 0 aliphatic rings. The van der Waals surface area contributed by atoms with Gasteiger partial charge < -0.3 is 10.1 Å². The van der Waals surface area contributed by atoms with E-state index in [1.165, 1.54) is 25.3 Å². The van der Waals surface area contributed by atoms with Crippen LogP contribution in [0.3, 0.4) is 0 Å². The van der Waals surface area contributed by atoms with E-state index in [1.54, 1.807) is 18.2 Å². The molecular formula is C17H10Cl2FN3O. The van der Waals surface area contributed by atoms with Crippen molar-refractivity contribution >= 4 is 45.6 Å². The number of fused-ring (bicyclic) bond motifs is 1. The van der Waals surface area contributed by atoms with Gasteiger partial charge >= 0.3 is 0 Å². The topological polar surface area (TPSA) is 57.9 Å². The predicted octanol–water partition coefficient (Wildman–Crippen LogP) is 5.30. The summed E-state index contributed by atoms with van der Waals surface area (Å²) in [6.45, 7) is 0. The molecule has 1 aromatic heterocycles. The first kappa shape index (κ1) is 16.3. The number of hydrogen-bond acceptors (Lipinski definition) is 4. The lowest BCUT2D eigenvalue weighted by Crippen LogP contribution is -1.99. The molecule has 0 unspecified atom stereocenters. The van der Waals surface area contributed by atoms with Crippen LogP contribution in [-0.4, -0.2) is 12.1 Å². The fourth-order valence-corrected chi connectivity index (χ4v) is 2.74. The average molecular weight is 362 g/mol. The summed E-state index contributed by atoms with van der Waals surface area (Å²) in [5, 5.41) is 13.7. The summed E-state index contributed by atoms with van der Waals surface area (Å²) in [5.41, 5.74) is 1.20. The van der Waals surface area contributed by atoms with Crippen LogP contribution in [0.1, 0.15) is 5.56 Å². The Kier molecular flexibility index (Phi) is 4.43. The lowest BCUT2D eigenvalue weighted by molar-refractivity contribution is 0.415. The second-order valence-corrected chi connectivity index (χ2v) is 5.74. The Labute approximate surface area is 147 Å². The summed E-state index contributed by atoms with van der Waals surface area (Å²) in [7, 11) is 1.48. The third kappa shape index (κ3) is 3.07. The van der Waals surface area contributed by atoms with Gasteiger partial charge in [-0.3, -0.25) is 0 Å². The van der Waals surface area contributed by atoms with Gasteiger partial charge in [0, 0.05) is 17.5 Å². The van der Waals surface area contributed by atoms with E-state index >= 15 is 0 Å². The molecule has 1 heterocycles. The number of anilines is 2. The number of rotatable bonds is 3. The van der Waals surface area contributed by atoms with Gasteiger partial charge in [-0.15, -0.1) is 0 Å². The zero-order valence-electron chi connectivity index (χ0n) is 12.4. The van der Waals surface area contributed by atoms with Crippen molar-refractivity contribution in [2.45, 2.75) is 0 Å². The number of pyridine rings is 1. The molecule has 120 valence electrons. The highest BCUT2D eigenvalue weighted by molar-refractivity contribution is 6.37. The normalized spacial score (nSPS) is 10.5. The van der Waals surface area contributed by atoms with E-state index < -0.39 is 5.82 Å². The molecule has 2 aromatic carbocycles. The average Bonchev–Trinajstić information content (AvgIpc) is 2.56. The molecule has 0 spiro atoms. The van der Waals surface area contributed by atoms with Gasteiger partial charge in [0.1, 0.15) is 23.5 Å². The molecule has 0 saturated carbocycles. The van der Waals surface area contributed by atoms with E-state index in [-0.39, 0.29) is 5.82 Å². The maximum atomic E-state index is 13.4. The number of halogens is 3. The Morgan fingerprint density at radius 3 is 2.67 bits per heavy atom. The minimum Gasteiger partial charge on any atom is -0.495 e. The smallest absolute Gasteiger partial charge is 0.149 e. The molecule has 7 heteroatoms. The van der Waals surface area contributed by atoms with E-state index in [2.05, 4.69) is 16.4 Å². The van der Waals surface area contributed by atoms with E-state index in [0.29, 0.717) is 37.9 Å². The molecule has 3 rings (SSSR count). The van der Waals surface area contributed by atoms with Gasteiger partial charge in [0.05, 0.1) is 33.9 Å².